The molecule has 0 aliphatic heterocycles. The first-order valence-corrected chi connectivity index (χ1v) is 10.2. The van der Waals surface area contributed by atoms with E-state index < -0.39 is 24.1 Å². The Morgan fingerprint density at radius 3 is 2.33 bits per heavy atom. The number of nitrogens with one attached hydrogen (secondary N) is 1. The number of hydrogen-bond acceptors (Lipinski definition) is 5. The van der Waals surface area contributed by atoms with Crippen molar-refractivity contribution in [2.75, 3.05) is 13.7 Å². The molecule has 1 aliphatic carbocycles. The predicted octanol–water partition coefficient (Wildman–Crippen LogP) is 2.58. The Morgan fingerprint density at radius 1 is 1.19 bits per heavy atom. The minimum Gasteiger partial charge on any atom is -0.480 e. The zero-order valence-corrected chi connectivity index (χ0v) is 17.2. The van der Waals surface area contributed by atoms with Crippen LogP contribution in [0.4, 0.5) is 0 Å². The highest BCUT2D eigenvalue weighted by molar-refractivity contribution is 5.87. The fourth-order valence-corrected chi connectivity index (χ4v) is 3.80. The summed E-state index contributed by atoms with van der Waals surface area (Å²) in [7, 11) is 1.54. The molecule has 3 atom stereocenters. The van der Waals surface area contributed by atoms with Crippen LogP contribution in [0, 0.1) is 5.92 Å². The van der Waals surface area contributed by atoms with Gasteiger partial charge in [-0.1, -0.05) is 45.4 Å². The number of rotatable bonds is 11. The smallest absolute Gasteiger partial charge is 0.326 e. The molecular formula is C20H36N2O5. The van der Waals surface area contributed by atoms with Gasteiger partial charge in [-0.3, -0.25) is 14.9 Å². The van der Waals surface area contributed by atoms with Crippen molar-refractivity contribution >= 4 is 17.8 Å². The van der Waals surface area contributed by atoms with Gasteiger partial charge in [0.05, 0.1) is 12.6 Å². The lowest BCUT2D eigenvalue weighted by Crippen LogP contribution is -2.54. The Bertz CT molecular complexity index is 491. The van der Waals surface area contributed by atoms with E-state index in [1.807, 2.05) is 6.92 Å². The summed E-state index contributed by atoms with van der Waals surface area (Å²) in [6, 6.07) is -2.06. The molecule has 0 aromatic carbocycles. The summed E-state index contributed by atoms with van der Waals surface area (Å²) < 4.78 is 5.06. The second-order valence-electron chi connectivity index (χ2n) is 7.52. The first-order chi connectivity index (χ1) is 12.8. The molecule has 0 aromatic heterocycles. The van der Waals surface area contributed by atoms with Gasteiger partial charge in [0.2, 0.25) is 5.91 Å². The van der Waals surface area contributed by atoms with Gasteiger partial charge in [0, 0.05) is 7.05 Å². The molecule has 0 unspecified atom stereocenters. The number of nitrogens with zero attached hydrogens (tertiary/aromatic N) is 1. The summed E-state index contributed by atoms with van der Waals surface area (Å²) in [6.45, 7) is 5.65. The number of carboxylic acids is 1. The molecule has 0 bridgehead atoms. The number of amides is 1. The monoisotopic (exact) mass is 384 g/mol. The lowest BCUT2D eigenvalue weighted by molar-refractivity contribution is -0.151. The molecule has 1 amide bonds. The van der Waals surface area contributed by atoms with Crippen molar-refractivity contribution in [3.8, 4) is 0 Å². The topological polar surface area (TPSA) is 95.9 Å². The van der Waals surface area contributed by atoms with Crippen LogP contribution in [0.1, 0.15) is 72.1 Å². The van der Waals surface area contributed by atoms with Crippen LogP contribution >= 0.6 is 0 Å². The molecule has 0 radical (unpaired) electrons. The van der Waals surface area contributed by atoms with E-state index in [1.165, 1.54) is 11.3 Å². The molecule has 7 heteroatoms. The van der Waals surface area contributed by atoms with Gasteiger partial charge in [-0.05, 0) is 32.6 Å². The van der Waals surface area contributed by atoms with E-state index in [0.29, 0.717) is 18.8 Å². The number of hydrogen-bond donors (Lipinski definition) is 2. The van der Waals surface area contributed by atoms with Crippen LogP contribution in [0.15, 0.2) is 0 Å². The van der Waals surface area contributed by atoms with Gasteiger partial charge in [-0.15, -0.1) is 0 Å². The molecule has 0 saturated heterocycles. The summed E-state index contributed by atoms with van der Waals surface area (Å²) in [5, 5.41) is 12.7. The highest BCUT2D eigenvalue weighted by Crippen LogP contribution is 2.28. The Hall–Kier alpha value is -1.63. The van der Waals surface area contributed by atoms with Gasteiger partial charge in [0.15, 0.2) is 0 Å². The van der Waals surface area contributed by atoms with Crippen LogP contribution in [-0.4, -0.2) is 59.6 Å². The molecule has 2 N–H and O–H groups in total. The van der Waals surface area contributed by atoms with Crippen molar-refractivity contribution in [3.63, 3.8) is 0 Å². The largest absolute Gasteiger partial charge is 0.480 e. The summed E-state index contributed by atoms with van der Waals surface area (Å²) in [4.78, 5) is 38.0. The van der Waals surface area contributed by atoms with Crippen molar-refractivity contribution in [2.24, 2.45) is 5.92 Å². The lowest BCUT2D eigenvalue weighted by atomic mass is 9.84. The Kier molecular flexibility index (Phi) is 10.4. The van der Waals surface area contributed by atoms with Crippen LogP contribution in [-0.2, 0) is 19.1 Å². The SMILES string of the molecule is CCC[C@H](N[C@@H](C)C(=O)N(C)[C@@H](CC1CCCCC1)C(=O)O)C(=O)OCC. The highest BCUT2D eigenvalue weighted by Gasteiger charge is 2.33. The van der Waals surface area contributed by atoms with Crippen LogP contribution in [0.5, 0.6) is 0 Å². The summed E-state index contributed by atoms with van der Waals surface area (Å²) in [6.07, 6.45) is 7.34. The molecule has 0 spiro atoms. The average Bonchev–Trinajstić information content (AvgIpc) is 2.65. The Balaban J connectivity index is 2.73. The molecule has 1 aliphatic rings. The van der Waals surface area contributed by atoms with Gasteiger partial charge in [-0.2, -0.15) is 0 Å². The molecule has 1 fully saturated rings. The fraction of sp³-hybridized carbons (Fsp3) is 0.850. The van der Waals surface area contributed by atoms with Crippen molar-refractivity contribution in [1.82, 2.24) is 10.2 Å². The number of carbonyl (C=O) groups excluding carboxylic acids is 2. The van der Waals surface area contributed by atoms with Gasteiger partial charge in [0.25, 0.3) is 0 Å². The Morgan fingerprint density at radius 2 is 1.81 bits per heavy atom. The van der Waals surface area contributed by atoms with E-state index in [0.717, 1.165) is 32.1 Å². The van der Waals surface area contributed by atoms with E-state index in [4.69, 9.17) is 4.74 Å². The predicted molar refractivity (Wildman–Crippen MR) is 103 cm³/mol. The number of carbonyl (C=O) groups is 3. The molecule has 156 valence electrons. The van der Waals surface area contributed by atoms with Gasteiger partial charge >= 0.3 is 11.9 Å². The third-order valence-corrected chi connectivity index (χ3v) is 5.35. The molecule has 7 nitrogen and oxygen atoms in total. The summed E-state index contributed by atoms with van der Waals surface area (Å²) >= 11 is 0. The van der Waals surface area contributed by atoms with Crippen molar-refractivity contribution in [3.05, 3.63) is 0 Å². The average molecular weight is 385 g/mol. The van der Waals surface area contributed by atoms with Crippen LogP contribution in [0.25, 0.3) is 0 Å². The maximum Gasteiger partial charge on any atom is 0.326 e. The number of aliphatic carboxylic acids is 1. The van der Waals surface area contributed by atoms with Gasteiger partial charge in [0.1, 0.15) is 12.1 Å². The maximum absolute atomic E-state index is 12.8. The minimum atomic E-state index is -0.973. The van der Waals surface area contributed by atoms with Crippen LogP contribution < -0.4 is 5.32 Å². The molecule has 1 saturated carbocycles. The Labute approximate surface area is 162 Å². The second-order valence-corrected chi connectivity index (χ2v) is 7.52. The third-order valence-electron chi connectivity index (χ3n) is 5.35. The molecule has 27 heavy (non-hydrogen) atoms. The maximum atomic E-state index is 12.8. The standard InChI is InChI=1S/C20H36N2O5/c1-5-10-16(20(26)27-6-2)21-14(3)18(23)22(4)17(19(24)25)13-15-11-8-7-9-12-15/h14-17,21H,5-13H2,1-4H3,(H,24,25)/t14-,16-,17-/m0/s1. The van der Waals surface area contributed by atoms with Crippen molar-refractivity contribution in [1.29, 1.82) is 0 Å². The second kappa shape index (κ2) is 12.0. The van der Waals surface area contributed by atoms with Crippen molar-refractivity contribution < 1.29 is 24.2 Å². The first-order valence-electron chi connectivity index (χ1n) is 10.2. The van der Waals surface area contributed by atoms with E-state index >= 15 is 0 Å². The van der Waals surface area contributed by atoms with Gasteiger partial charge < -0.3 is 14.7 Å². The number of esters is 1. The lowest BCUT2D eigenvalue weighted by Gasteiger charge is -2.32. The molecule has 1 rings (SSSR count). The zero-order chi connectivity index (χ0) is 20.4. The fourth-order valence-electron chi connectivity index (χ4n) is 3.80. The molecule has 0 aromatic rings. The van der Waals surface area contributed by atoms with E-state index in [1.54, 1.807) is 20.9 Å². The molecule has 0 heterocycles. The highest BCUT2D eigenvalue weighted by atomic mass is 16.5. The van der Waals surface area contributed by atoms with E-state index in [-0.39, 0.29) is 18.5 Å². The van der Waals surface area contributed by atoms with Crippen molar-refractivity contribution in [2.45, 2.75) is 90.3 Å². The molecular weight excluding hydrogens is 348 g/mol. The zero-order valence-electron chi connectivity index (χ0n) is 17.2. The third kappa shape index (κ3) is 7.48. The summed E-state index contributed by atoms with van der Waals surface area (Å²) in [5.41, 5.74) is 0. The van der Waals surface area contributed by atoms with Crippen LogP contribution in [0.2, 0.25) is 0 Å². The quantitative estimate of drug-likeness (QED) is 0.532. The minimum absolute atomic E-state index is 0.283. The number of carboxylic acid groups (broad SMARTS) is 1. The number of likely N-dealkylation sites (N-methyl/N-ethyl adjacent to an activating group) is 1. The van der Waals surface area contributed by atoms with Crippen LogP contribution in [0.3, 0.4) is 0 Å². The first kappa shape index (κ1) is 23.4. The normalized spacial score (nSPS) is 18.4. The van der Waals surface area contributed by atoms with E-state index in [2.05, 4.69) is 5.32 Å². The van der Waals surface area contributed by atoms with E-state index in [9.17, 15) is 19.5 Å². The number of ether oxygens (including phenoxy) is 1. The summed E-state index contributed by atoms with van der Waals surface area (Å²) in [5.74, 6) is -1.31. The van der Waals surface area contributed by atoms with Gasteiger partial charge in [-0.25, -0.2) is 4.79 Å².